The van der Waals surface area contributed by atoms with E-state index < -0.39 is 17.4 Å². The summed E-state index contributed by atoms with van der Waals surface area (Å²) in [4.78, 5) is 23.7. The molecule has 2 N–H and O–H groups in total. The second-order valence-electron chi connectivity index (χ2n) is 4.13. The molecule has 1 aliphatic carbocycles. The number of hydrogen-bond acceptors (Lipinski definition) is 3. The molecule has 2 aliphatic rings. The van der Waals surface area contributed by atoms with Crippen LogP contribution in [-0.2, 0) is 9.59 Å². The topological polar surface area (TPSA) is 77.8 Å². The lowest BCUT2D eigenvalue weighted by Gasteiger charge is -2.25. The number of hydrogen-bond donors (Lipinski definition) is 2. The minimum absolute atomic E-state index is 0.0505. The Bertz CT molecular complexity index is 285. The lowest BCUT2D eigenvalue weighted by atomic mass is 10.1. The zero-order chi connectivity index (χ0) is 10.3. The number of aliphatic hydroxyl groups is 1. The zero-order valence-electron chi connectivity index (χ0n) is 7.77. The molecule has 1 amide bonds. The van der Waals surface area contributed by atoms with E-state index in [1.165, 1.54) is 0 Å². The number of carboxylic acid groups (broad SMARTS) is 1. The predicted octanol–water partition coefficient (Wildman–Crippen LogP) is -0.556. The SMILES string of the molecule is O=C(O)C1CC(=O)N(C2(CO)CC2)C1. The highest BCUT2D eigenvalue weighted by Crippen LogP contribution is 2.44. The number of likely N-dealkylation sites (tertiary alicyclic amines) is 1. The van der Waals surface area contributed by atoms with E-state index in [0.717, 1.165) is 12.8 Å². The zero-order valence-corrected chi connectivity index (χ0v) is 7.77. The molecule has 1 unspecified atom stereocenters. The van der Waals surface area contributed by atoms with Gasteiger partial charge in [-0.15, -0.1) is 0 Å². The Labute approximate surface area is 81.3 Å². The largest absolute Gasteiger partial charge is 0.481 e. The molecule has 1 heterocycles. The maximum Gasteiger partial charge on any atom is 0.308 e. The van der Waals surface area contributed by atoms with Gasteiger partial charge in [0, 0.05) is 13.0 Å². The van der Waals surface area contributed by atoms with Gasteiger partial charge < -0.3 is 15.1 Å². The van der Waals surface area contributed by atoms with E-state index in [0.29, 0.717) is 0 Å². The Morgan fingerprint density at radius 1 is 1.57 bits per heavy atom. The van der Waals surface area contributed by atoms with Gasteiger partial charge in [0.15, 0.2) is 0 Å². The third-order valence-corrected chi connectivity index (χ3v) is 3.17. The van der Waals surface area contributed by atoms with Crippen molar-refractivity contribution in [2.24, 2.45) is 5.92 Å². The summed E-state index contributed by atoms with van der Waals surface area (Å²) in [6.45, 7) is 0.208. The van der Waals surface area contributed by atoms with Crippen LogP contribution in [0.1, 0.15) is 19.3 Å². The van der Waals surface area contributed by atoms with Crippen molar-refractivity contribution in [1.29, 1.82) is 0 Å². The van der Waals surface area contributed by atoms with Crippen molar-refractivity contribution in [3.8, 4) is 0 Å². The van der Waals surface area contributed by atoms with Gasteiger partial charge in [0.25, 0.3) is 0 Å². The monoisotopic (exact) mass is 199 g/mol. The van der Waals surface area contributed by atoms with Crippen LogP contribution in [0.4, 0.5) is 0 Å². The molecule has 0 aromatic rings. The minimum atomic E-state index is -0.922. The maximum atomic E-state index is 11.5. The minimum Gasteiger partial charge on any atom is -0.481 e. The molecule has 5 heteroatoms. The smallest absolute Gasteiger partial charge is 0.308 e. The summed E-state index contributed by atoms with van der Waals surface area (Å²) >= 11 is 0. The van der Waals surface area contributed by atoms with E-state index in [-0.39, 0.29) is 25.5 Å². The molecule has 14 heavy (non-hydrogen) atoms. The Hall–Kier alpha value is -1.10. The number of nitrogens with zero attached hydrogens (tertiary/aromatic N) is 1. The molecule has 1 saturated heterocycles. The third-order valence-electron chi connectivity index (χ3n) is 3.17. The third kappa shape index (κ3) is 1.28. The van der Waals surface area contributed by atoms with E-state index in [2.05, 4.69) is 0 Å². The standard InChI is InChI=1S/C9H13NO4/c11-5-9(1-2-9)10-4-6(8(13)14)3-7(10)12/h6,11H,1-5H2,(H,13,14). The van der Waals surface area contributed by atoms with Gasteiger partial charge >= 0.3 is 5.97 Å². The molecule has 2 rings (SSSR count). The number of carbonyl (C=O) groups excluding carboxylic acids is 1. The summed E-state index contributed by atoms with van der Waals surface area (Å²) in [6.07, 6.45) is 1.67. The number of rotatable bonds is 3. The van der Waals surface area contributed by atoms with Gasteiger partial charge in [0.2, 0.25) is 5.91 Å². The number of aliphatic hydroxyl groups excluding tert-OH is 1. The van der Waals surface area contributed by atoms with Gasteiger partial charge in [-0.05, 0) is 12.8 Å². The van der Waals surface area contributed by atoms with Crippen LogP contribution >= 0.6 is 0 Å². The van der Waals surface area contributed by atoms with Crippen LogP contribution in [0.15, 0.2) is 0 Å². The normalized spacial score (nSPS) is 29.4. The number of amides is 1. The van der Waals surface area contributed by atoms with Crippen molar-refractivity contribution in [2.75, 3.05) is 13.2 Å². The molecule has 78 valence electrons. The Morgan fingerprint density at radius 2 is 2.21 bits per heavy atom. The van der Waals surface area contributed by atoms with E-state index >= 15 is 0 Å². The Morgan fingerprint density at radius 3 is 2.57 bits per heavy atom. The molecule has 5 nitrogen and oxygen atoms in total. The van der Waals surface area contributed by atoms with Gasteiger partial charge in [0.05, 0.1) is 18.1 Å². The average Bonchev–Trinajstić information content (AvgIpc) is 2.84. The van der Waals surface area contributed by atoms with Crippen LogP contribution in [0.25, 0.3) is 0 Å². The molecule has 1 aliphatic heterocycles. The molecule has 1 saturated carbocycles. The van der Waals surface area contributed by atoms with Crippen molar-refractivity contribution in [3.63, 3.8) is 0 Å². The first kappa shape index (κ1) is 9.45. The first-order chi connectivity index (χ1) is 6.59. The van der Waals surface area contributed by atoms with Gasteiger partial charge in [-0.25, -0.2) is 0 Å². The van der Waals surface area contributed by atoms with Crippen LogP contribution in [0.3, 0.4) is 0 Å². The van der Waals surface area contributed by atoms with Crippen molar-refractivity contribution in [1.82, 2.24) is 4.90 Å². The molecule has 0 spiro atoms. The van der Waals surface area contributed by atoms with E-state index in [1.807, 2.05) is 0 Å². The molecule has 0 aromatic heterocycles. The Balaban J connectivity index is 2.08. The van der Waals surface area contributed by atoms with E-state index in [9.17, 15) is 9.59 Å². The second kappa shape index (κ2) is 2.95. The van der Waals surface area contributed by atoms with Crippen molar-refractivity contribution < 1.29 is 19.8 Å². The predicted molar refractivity (Wildman–Crippen MR) is 46.5 cm³/mol. The highest BCUT2D eigenvalue weighted by Gasteiger charge is 2.53. The Kier molecular flexibility index (Phi) is 1.99. The summed E-state index contributed by atoms with van der Waals surface area (Å²) in [5, 5.41) is 17.9. The second-order valence-corrected chi connectivity index (χ2v) is 4.13. The van der Waals surface area contributed by atoms with Crippen LogP contribution in [-0.4, -0.2) is 45.7 Å². The first-order valence-electron chi connectivity index (χ1n) is 4.73. The molecule has 2 fully saturated rings. The molecule has 0 bridgehead atoms. The van der Waals surface area contributed by atoms with Crippen LogP contribution in [0, 0.1) is 5.92 Å². The summed E-state index contributed by atoms with van der Waals surface area (Å²) in [6, 6.07) is 0. The maximum absolute atomic E-state index is 11.5. The van der Waals surface area contributed by atoms with Crippen LogP contribution in [0.2, 0.25) is 0 Å². The van der Waals surface area contributed by atoms with Gasteiger partial charge in [0.1, 0.15) is 0 Å². The van der Waals surface area contributed by atoms with Crippen molar-refractivity contribution >= 4 is 11.9 Å². The fourth-order valence-electron chi connectivity index (χ4n) is 1.99. The molecule has 1 atom stereocenters. The molecule has 0 aromatic carbocycles. The lowest BCUT2D eigenvalue weighted by molar-refractivity contribution is -0.141. The highest BCUT2D eigenvalue weighted by atomic mass is 16.4. The molecule has 0 radical (unpaired) electrons. The fourth-order valence-corrected chi connectivity index (χ4v) is 1.99. The highest BCUT2D eigenvalue weighted by molar-refractivity contribution is 5.86. The lowest BCUT2D eigenvalue weighted by Crippen LogP contribution is -2.41. The van der Waals surface area contributed by atoms with Crippen molar-refractivity contribution in [2.45, 2.75) is 24.8 Å². The van der Waals surface area contributed by atoms with Gasteiger partial charge in [-0.1, -0.05) is 0 Å². The summed E-state index contributed by atoms with van der Waals surface area (Å²) < 4.78 is 0. The first-order valence-corrected chi connectivity index (χ1v) is 4.73. The number of aliphatic carboxylic acids is 1. The quantitative estimate of drug-likeness (QED) is 0.639. The molecular weight excluding hydrogens is 186 g/mol. The average molecular weight is 199 g/mol. The van der Waals surface area contributed by atoms with E-state index in [1.54, 1.807) is 4.90 Å². The van der Waals surface area contributed by atoms with Gasteiger partial charge in [-0.3, -0.25) is 9.59 Å². The van der Waals surface area contributed by atoms with Crippen LogP contribution < -0.4 is 0 Å². The number of carboxylic acids is 1. The summed E-state index contributed by atoms with van der Waals surface area (Å²) in [7, 11) is 0. The van der Waals surface area contributed by atoms with Crippen molar-refractivity contribution in [3.05, 3.63) is 0 Å². The van der Waals surface area contributed by atoms with Crippen LogP contribution in [0.5, 0.6) is 0 Å². The van der Waals surface area contributed by atoms with E-state index in [4.69, 9.17) is 10.2 Å². The summed E-state index contributed by atoms with van der Waals surface area (Å²) in [5.41, 5.74) is -0.415. The number of carbonyl (C=O) groups is 2. The van der Waals surface area contributed by atoms with Gasteiger partial charge in [-0.2, -0.15) is 0 Å². The molecular formula is C9H13NO4. The summed E-state index contributed by atoms with van der Waals surface area (Å²) in [5.74, 6) is -1.65. The fraction of sp³-hybridized carbons (Fsp3) is 0.778.